The Bertz CT molecular complexity index is 254. The fraction of sp³-hybridized carbons (Fsp3) is 1.00. The van der Waals surface area contributed by atoms with Gasteiger partial charge in [-0.3, -0.25) is 9.80 Å². The third kappa shape index (κ3) is 4.44. The maximum atomic E-state index is 3.67. The lowest BCUT2D eigenvalue weighted by atomic mass is 10.1. The highest BCUT2D eigenvalue weighted by molar-refractivity contribution is 4.89. The van der Waals surface area contributed by atoms with E-state index in [9.17, 15) is 0 Å². The molecule has 3 nitrogen and oxygen atoms in total. The number of fused-ring (bicyclic) bond motifs is 1. The van der Waals surface area contributed by atoms with E-state index in [-0.39, 0.29) is 0 Å². The van der Waals surface area contributed by atoms with Gasteiger partial charge in [0.05, 0.1) is 0 Å². The summed E-state index contributed by atoms with van der Waals surface area (Å²) in [6, 6.07) is 1.62. The van der Waals surface area contributed by atoms with E-state index in [1.807, 2.05) is 0 Å². The molecule has 2 atom stereocenters. The SMILES string of the molecule is CCCC(CNCC(C)C)N1CCN2CCCC2C1. The normalized spacial score (nSPS) is 26.8. The van der Waals surface area contributed by atoms with E-state index in [2.05, 4.69) is 35.9 Å². The molecule has 2 aliphatic heterocycles. The van der Waals surface area contributed by atoms with Crippen molar-refractivity contribution < 1.29 is 0 Å². The van der Waals surface area contributed by atoms with E-state index >= 15 is 0 Å². The minimum Gasteiger partial charge on any atom is -0.315 e. The van der Waals surface area contributed by atoms with Gasteiger partial charge in [0.2, 0.25) is 0 Å². The Hall–Kier alpha value is -0.120. The predicted molar refractivity (Wildman–Crippen MR) is 82.6 cm³/mol. The first-order chi connectivity index (χ1) is 9.20. The number of hydrogen-bond donors (Lipinski definition) is 1. The van der Waals surface area contributed by atoms with Gasteiger partial charge in [-0.25, -0.2) is 0 Å². The highest BCUT2D eigenvalue weighted by Crippen LogP contribution is 2.23. The number of nitrogens with zero attached hydrogens (tertiary/aromatic N) is 2. The summed E-state index contributed by atoms with van der Waals surface area (Å²) in [5, 5.41) is 3.67. The molecule has 3 heteroatoms. The Balaban J connectivity index is 1.80. The van der Waals surface area contributed by atoms with Gasteiger partial charge in [0, 0.05) is 38.3 Å². The van der Waals surface area contributed by atoms with Crippen molar-refractivity contribution in [3.63, 3.8) is 0 Å². The molecule has 2 rings (SSSR count). The molecule has 1 N–H and O–H groups in total. The molecule has 0 aliphatic carbocycles. The molecular weight excluding hydrogens is 234 g/mol. The molecule has 0 aromatic heterocycles. The van der Waals surface area contributed by atoms with Crippen LogP contribution in [0.5, 0.6) is 0 Å². The van der Waals surface area contributed by atoms with Crippen LogP contribution in [-0.4, -0.2) is 61.2 Å². The van der Waals surface area contributed by atoms with E-state index in [1.54, 1.807) is 0 Å². The molecule has 0 aromatic carbocycles. The molecule has 0 aromatic rings. The zero-order valence-corrected chi connectivity index (χ0v) is 13.2. The van der Waals surface area contributed by atoms with Gasteiger partial charge in [0.15, 0.2) is 0 Å². The van der Waals surface area contributed by atoms with Crippen LogP contribution in [0.4, 0.5) is 0 Å². The Morgan fingerprint density at radius 1 is 1.16 bits per heavy atom. The second-order valence-electron chi connectivity index (χ2n) is 6.82. The lowest BCUT2D eigenvalue weighted by molar-refractivity contribution is 0.0674. The van der Waals surface area contributed by atoms with Crippen LogP contribution in [0.15, 0.2) is 0 Å². The van der Waals surface area contributed by atoms with Crippen molar-refractivity contribution >= 4 is 0 Å². The fourth-order valence-electron chi connectivity index (χ4n) is 3.63. The molecule has 112 valence electrons. The van der Waals surface area contributed by atoms with E-state index in [4.69, 9.17) is 0 Å². The zero-order chi connectivity index (χ0) is 13.7. The van der Waals surface area contributed by atoms with Crippen molar-refractivity contribution in [3.8, 4) is 0 Å². The summed E-state index contributed by atoms with van der Waals surface area (Å²) in [6.45, 7) is 14.5. The summed E-state index contributed by atoms with van der Waals surface area (Å²) in [5.41, 5.74) is 0. The summed E-state index contributed by atoms with van der Waals surface area (Å²) < 4.78 is 0. The molecule has 2 fully saturated rings. The molecule has 0 radical (unpaired) electrons. The standard InChI is InChI=1S/C16H33N3/c1-4-6-15(12-17-11-14(2)3)19-10-9-18-8-5-7-16(18)13-19/h14-17H,4-13H2,1-3H3. The molecular formula is C16H33N3. The lowest BCUT2D eigenvalue weighted by Crippen LogP contribution is -2.55. The van der Waals surface area contributed by atoms with Crippen LogP contribution >= 0.6 is 0 Å². The van der Waals surface area contributed by atoms with Crippen molar-refractivity contribution in [1.29, 1.82) is 0 Å². The zero-order valence-electron chi connectivity index (χ0n) is 13.2. The quantitative estimate of drug-likeness (QED) is 0.763. The first-order valence-electron chi connectivity index (χ1n) is 8.39. The second kappa shape index (κ2) is 7.61. The van der Waals surface area contributed by atoms with E-state index < -0.39 is 0 Å². The Kier molecular flexibility index (Phi) is 6.11. The number of nitrogens with one attached hydrogen (secondary N) is 1. The van der Waals surface area contributed by atoms with Gasteiger partial charge in [-0.2, -0.15) is 0 Å². The van der Waals surface area contributed by atoms with Crippen molar-refractivity contribution in [2.24, 2.45) is 5.92 Å². The summed E-state index contributed by atoms with van der Waals surface area (Å²) in [6.07, 6.45) is 5.49. The molecule has 2 saturated heterocycles. The van der Waals surface area contributed by atoms with Crippen molar-refractivity contribution in [1.82, 2.24) is 15.1 Å². The fourth-order valence-corrected chi connectivity index (χ4v) is 3.63. The van der Waals surface area contributed by atoms with Gasteiger partial charge in [-0.15, -0.1) is 0 Å². The third-order valence-corrected chi connectivity index (χ3v) is 4.69. The molecule has 0 bridgehead atoms. The van der Waals surface area contributed by atoms with Crippen LogP contribution in [0.2, 0.25) is 0 Å². The number of piperazine rings is 1. The second-order valence-corrected chi connectivity index (χ2v) is 6.82. The van der Waals surface area contributed by atoms with Crippen LogP contribution in [0.1, 0.15) is 46.5 Å². The van der Waals surface area contributed by atoms with E-state index in [0.29, 0.717) is 0 Å². The molecule has 0 amide bonds. The average Bonchev–Trinajstić information content (AvgIpc) is 2.84. The summed E-state index contributed by atoms with van der Waals surface area (Å²) in [5.74, 6) is 0.758. The monoisotopic (exact) mass is 267 g/mol. The van der Waals surface area contributed by atoms with Gasteiger partial charge in [0.25, 0.3) is 0 Å². The number of hydrogen-bond acceptors (Lipinski definition) is 3. The third-order valence-electron chi connectivity index (χ3n) is 4.69. The lowest BCUT2D eigenvalue weighted by Gasteiger charge is -2.42. The summed E-state index contributed by atoms with van der Waals surface area (Å²) in [4.78, 5) is 5.48. The molecule has 2 unspecified atom stereocenters. The maximum Gasteiger partial charge on any atom is 0.0224 e. The maximum absolute atomic E-state index is 3.67. The Labute approximate surface area is 119 Å². The van der Waals surface area contributed by atoms with E-state index in [1.165, 1.54) is 58.4 Å². The highest BCUT2D eigenvalue weighted by Gasteiger charge is 2.32. The smallest absolute Gasteiger partial charge is 0.0224 e. The van der Waals surface area contributed by atoms with Gasteiger partial charge in [-0.1, -0.05) is 27.2 Å². The van der Waals surface area contributed by atoms with Crippen LogP contribution < -0.4 is 5.32 Å². The molecule has 2 aliphatic rings. The van der Waals surface area contributed by atoms with Crippen LogP contribution in [0, 0.1) is 5.92 Å². The van der Waals surface area contributed by atoms with Gasteiger partial charge >= 0.3 is 0 Å². The van der Waals surface area contributed by atoms with Gasteiger partial charge in [-0.05, 0) is 38.3 Å². The summed E-state index contributed by atoms with van der Waals surface area (Å²) >= 11 is 0. The van der Waals surface area contributed by atoms with Gasteiger partial charge in [0.1, 0.15) is 0 Å². The van der Waals surface area contributed by atoms with E-state index in [0.717, 1.165) is 24.5 Å². The first-order valence-corrected chi connectivity index (χ1v) is 8.39. The van der Waals surface area contributed by atoms with Crippen molar-refractivity contribution in [2.75, 3.05) is 39.3 Å². The van der Waals surface area contributed by atoms with Gasteiger partial charge < -0.3 is 5.32 Å². The first kappa shape index (κ1) is 15.3. The average molecular weight is 267 g/mol. The number of rotatable bonds is 7. The predicted octanol–water partition coefficient (Wildman–Crippen LogP) is 2.18. The topological polar surface area (TPSA) is 18.5 Å². The molecule has 19 heavy (non-hydrogen) atoms. The Morgan fingerprint density at radius 2 is 2.00 bits per heavy atom. The van der Waals surface area contributed by atoms with Crippen LogP contribution in [0.25, 0.3) is 0 Å². The molecule has 2 heterocycles. The Morgan fingerprint density at radius 3 is 2.74 bits per heavy atom. The largest absolute Gasteiger partial charge is 0.315 e. The minimum atomic E-state index is 0.756. The molecule has 0 saturated carbocycles. The van der Waals surface area contributed by atoms with Crippen molar-refractivity contribution in [2.45, 2.75) is 58.5 Å². The van der Waals surface area contributed by atoms with Crippen molar-refractivity contribution in [3.05, 3.63) is 0 Å². The van der Waals surface area contributed by atoms with Crippen LogP contribution in [0.3, 0.4) is 0 Å². The minimum absolute atomic E-state index is 0.756. The highest BCUT2D eigenvalue weighted by atomic mass is 15.3. The summed E-state index contributed by atoms with van der Waals surface area (Å²) in [7, 11) is 0. The molecule has 0 spiro atoms. The van der Waals surface area contributed by atoms with Crippen LogP contribution in [-0.2, 0) is 0 Å².